The molecule has 0 atom stereocenters. The molecule has 2 N–H and O–H groups in total. The van der Waals surface area contributed by atoms with Crippen molar-refractivity contribution >= 4 is 5.96 Å². The van der Waals surface area contributed by atoms with Gasteiger partial charge in [-0.3, -0.25) is 4.99 Å². The van der Waals surface area contributed by atoms with Crippen molar-refractivity contribution in [3.8, 4) is 17.2 Å². The Kier molecular flexibility index (Phi) is 8.35. The fourth-order valence-corrected chi connectivity index (χ4v) is 3.43. The van der Waals surface area contributed by atoms with Gasteiger partial charge in [-0.15, -0.1) is 0 Å². The van der Waals surface area contributed by atoms with Crippen molar-refractivity contribution in [2.75, 3.05) is 40.6 Å². The standard InChI is InChI=1S/C23H30FN3O4/c1-4-25-23(26-9-7-16-5-6-20(28-2)21(11-16)29-3)27-10-8-17-12-19(24)13-18-14-30-15-31-22(17)18/h5-6,11-13H,4,7-10,14-15H2,1-3H3,(H2,25,26,27). The lowest BCUT2D eigenvalue weighted by Crippen LogP contribution is -2.38. The number of nitrogens with zero attached hydrogens (tertiary/aromatic N) is 1. The maximum atomic E-state index is 13.9. The number of halogens is 1. The topological polar surface area (TPSA) is 73.3 Å². The maximum absolute atomic E-state index is 13.9. The molecule has 0 bridgehead atoms. The monoisotopic (exact) mass is 431 g/mol. The molecule has 0 saturated heterocycles. The third-order valence-corrected chi connectivity index (χ3v) is 4.90. The van der Waals surface area contributed by atoms with Crippen LogP contribution in [0.3, 0.4) is 0 Å². The second-order valence-electron chi connectivity index (χ2n) is 7.04. The third kappa shape index (κ3) is 6.24. The molecule has 7 nitrogen and oxygen atoms in total. The van der Waals surface area contributed by atoms with Gasteiger partial charge in [0.2, 0.25) is 0 Å². The highest BCUT2D eigenvalue weighted by atomic mass is 19.1. The largest absolute Gasteiger partial charge is 0.493 e. The van der Waals surface area contributed by atoms with Crippen LogP contribution in [0.4, 0.5) is 4.39 Å². The van der Waals surface area contributed by atoms with E-state index in [0.29, 0.717) is 43.4 Å². The summed E-state index contributed by atoms with van der Waals surface area (Å²) < 4.78 is 35.4. The fraction of sp³-hybridized carbons (Fsp3) is 0.435. The average molecular weight is 432 g/mol. The van der Waals surface area contributed by atoms with E-state index in [1.807, 2.05) is 25.1 Å². The highest BCUT2D eigenvalue weighted by Crippen LogP contribution is 2.30. The molecule has 1 aliphatic rings. The minimum atomic E-state index is -0.285. The number of nitrogens with one attached hydrogen (secondary N) is 2. The van der Waals surface area contributed by atoms with Gasteiger partial charge in [0.25, 0.3) is 0 Å². The predicted molar refractivity (Wildman–Crippen MR) is 118 cm³/mol. The van der Waals surface area contributed by atoms with Crippen LogP contribution in [-0.2, 0) is 24.2 Å². The fourth-order valence-electron chi connectivity index (χ4n) is 3.43. The van der Waals surface area contributed by atoms with Crippen LogP contribution in [-0.4, -0.2) is 46.6 Å². The molecule has 2 aromatic carbocycles. The van der Waals surface area contributed by atoms with E-state index in [1.165, 1.54) is 12.1 Å². The first-order chi connectivity index (χ1) is 15.1. The normalized spacial score (nSPS) is 13.2. The number of fused-ring (bicyclic) bond motifs is 1. The number of methoxy groups -OCH3 is 2. The molecule has 8 heteroatoms. The molecule has 0 amide bonds. The van der Waals surface area contributed by atoms with Gasteiger partial charge in [-0.25, -0.2) is 4.39 Å². The van der Waals surface area contributed by atoms with Crippen molar-refractivity contribution in [2.45, 2.75) is 26.4 Å². The summed E-state index contributed by atoms with van der Waals surface area (Å²) in [7, 11) is 3.25. The Morgan fingerprint density at radius 1 is 1.10 bits per heavy atom. The van der Waals surface area contributed by atoms with Crippen LogP contribution in [0.1, 0.15) is 23.6 Å². The first kappa shape index (κ1) is 22.7. The molecule has 0 fully saturated rings. The molecule has 31 heavy (non-hydrogen) atoms. The molecule has 3 rings (SSSR count). The van der Waals surface area contributed by atoms with Gasteiger partial charge in [-0.2, -0.15) is 0 Å². The number of benzene rings is 2. The molecule has 0 spiro atoms. The lowest BCUT2D eigenvalue weighted by atomic mass is 10.1. The molecule has 0 radical (unpaired) electrons. The third-order valence-electron chi connectivity index (χ3n) is 4.90. The van der Waals surface area contributed by atoms with Gasteiger partial charge < -0.3 is 29.6 Å². The SMILES string of the molecule is CCNC(=NCCc1cc(F)cc2c1OCOC2)NCCc1ccc(OC)c(OC)c1. The van der Waals surface area contributed by atoms with E-state index in [9.17, 15) is 4.39 Å². The van der Waals surface area contributed by atoms with Gasteiger partial charge >= 0.3 is 0 Å². The summed E-state index contributed by atoms with van der Waals surface area (Å²) in [5.41, 5.74) is 2.68. The lowest BCUT2D eigenvalue weighted by molar-refractivity contribution is -0.0172. The summed E-state index contributed by atoms with van der Waals surface area (Å²) in [6.07, 6.45) is 1.38. The zero-order valence-corrected chi connectivity index (χ0v) is 18.3. The number of hydrogen-bond donors (Lipinski definition) is 2. The number of rotatable bonds is 9. The number of aliphatic imine (C=N–C) groups is 1. The van der Waals surface area contributed by atoms with E-state index in [4.69, 9.17) is 18.9 Å². The number of hydrogen-bond acceptors (Lipinski definition) is 5. The van der Waals surface area contributed by atoms with Crippen LogP contribution >= 0.6 is 0 Å². The van der Waals surface area contributed by atoms with Crippen LogP contribution in [0.15, 0.2) is 35.3 Å². The van der Waals surface area contributed by atoms with Crippen LogP contribution < -0.4 is 24.8 Å². The minimum Gasteiger partial charge on any atom is -0.493 e. The Hall–Kier alpha value is -3.00. The molecule has 1 aliphatic heterocycles. The Morgan fingerprint density at radius 3 is 2.71 bits per heavy atom. The lowest BCUT2D eigenvalue weighted by Gasteiger charge is -2.20. The van der Waals surface area contributed by atoms with Crippen LogP contribution in [0.25, 0.3) is 0 Å². The van der Waals surface area contributed by atoms with Crippen molar-refractivity contribution in [2.24, 2.45) is 4.99 Å². The first-order valence-corrected chi connectivity index (χ1v) is 10.4. The van der Waals surface area contributed by atoms with Crippen LogP contribution in [0, 0.1) is 5.82 Å². The van der Waals surface area contributed by atoms with E-state index in [2.05, 4.69) is 15.6 Å². The number of guanidine groups is 1. The summed E-state index contributed by atoms with van der Waals surface area (Å²) in [4.78, 5) is 4.62. The molecule has 1 heterocycles. The summed E-state index contributed by atoms with van der Waals surface area (Å²) in [5, 5.41) is 6.58. The van der Waals surface area contributed by atoms with Crippen LogP contribution in [0.2, 0.25) is 0 Å². The Balaban J connectivity index is 1.57. The van der Waals surface area contributed by atoms with Gasteiger partial charge in [-0.05, 0) is 55.2 Å². The molecule has 168 valence electrons. The smallest absolute Gasteiger partial charge is 0.191 e. The highest BCUT2D eigenvalue weighted by molar-refractivity contribution is 5.79. The average Bonchev–Trinajstić information content (AvgIpc) is 2.78. The van der Waals surface area contributed by atoms with Crippen molar-refractivity contribution in [3.63, 3.8) is 0 Å². The molecule has 0 aromatic heterocycles. The maximum Gasteiger partial charge on any atom is 0.191 e. The summed E-state index contributed by atoms with van der Waals surface area (Å²) in [5.74, 6) is 2.58. The molecule has 0 unspecified atom stereocenters. The molecule has 0 saturated carbocycles. The van der Waals surface area contributed by atoms with E-state index in [-0.39, 0.29) is 12.6 Å². The van der Waals surface area contributed by atoms with Gasteiger partial charge in [0.1, 0.15) is 11.6 Å². The van der Waals surface area contributed by atoms with Crippen molar-refractivity contribution in [3.05, 3.63) is 52.8 Å². The summed E-state index contributed by atoms with van der Waals surface area (Å²) >= 11 is 0. The summed E-state index contributed by atoms with van der Waals surface area (Å²) in [6.45, 7) is 4.53. The second kappa shape index (κ2) is 11.4. The van der Waals surface area contributed by atoms with Crippen LogP contribution in [0.5, 0.6) is 17.2 Å². The molecule has 2 aromatic rings. The predicted octanol–water partition coefficient (Wildman–Crippen LogP) is 3.05. The zero-order valence-electron chi connectivity index (χ0n) is 18.3. The highest BCUT2D eigenvalue weighted by Gasteiger charge is 2.16. The Bertz CT molecular complexity index is 905. The van der Waals surface area contributed by atoms with Gasteiger partial charge in [-0.1, -0.05) is 6.07 Å². The van der Waals surface area contributed by atoms with Gasteiger partial charge in [0, 0.05) is 25.2 Å². The van der Waals surface area contributed by atoms with E-state index in [0.717, 1.165) is 35.6 Å². The van der Waals surface area contributed by atoms with E-state index < -0.39 is 0 Å². The molecular weight excluding hydrogens is 401 g/mol. The molecule has 0 aliphatic carbocycles. The first-order valence-electron chi connectivity index (χ1n) is 10.4. The number of ether oxygens (including phenoxy) is 4. The van der Waals surface area contributed by atoms with Crippen molar-refractivity contribution < 1.29 is 23.3 Å². The van der Waals surface area contributed by atoms with E-state index >= 15 is 0 Å². The van der Waals surface area contributed by atoms with Crippen molar-refractivity contribution in [1.82, 2.24) is 10.6 Å². The second-order valence-corrected chi connectivity index (χ2v) is 7.04. The Labute approximate surface area is 182 Å². The van der Waals surface area contributed by atoms with E-state index in [1.54, 1.807) is 14.2 Å². The minimum absolute atomic E-state index is 0.190. The van der Waals surface area contributed by atoms with Crippen molar-refractivity contribution in [1.29, 1.82) is 0 Å². The molecular formula is C23H30FN3O4. The van der Waals surface area contributed by atoms with Gasteiger partial charge in [0.15, 0.2) is 24.3 Å². The Morgan fingerprint density at radius 2 is 1.94 bits per heavy atom. The zero-order chi connectivity index (χ0) is 22.1. The van der Waals surface area contributed by atoms with Gasteiger partial charge in [0.05, 0.1) is 20.8 Å². The quantitative estimate of drug-likeness (QED) is 0.470. The summed E-state index contributed by atoms with van der Waals surface area (Å²) in [6, 6.07) is 8.86.